The SMILES string of the molecule is Cn1cc(-c2ccc3c(c2)C(C(F)(F)F)NC3c2cc(F)ccc2Cl)cn1. The van der Waals surface area contributed by atoms with Gasteiger partial charge in [0.05, 0.1) is 12.2 Å². The fourth-order valence-electron chi connectivity index (χ4n) is 3.45. The Hall–Kier alpha value is -2.38. The van der Waals surface area contributed by atoms with Gasteiger partial charge in [0.1, 0.15) is 11.9 Å². The summed E-state index contributed by atoms with van der Waals surface area (Å²) in [4.78, 5) is 0. The van der Waals surface area contributed by atoms with Crippen LogP contribution in [0.25, 0.3) is 11.1 Å². The van der Waals surface area contributed by atoms with Crippen LogP contribution in [0.15, 0.2) is 48.8 Å². The van der Waals surface area contributed by atoms with Gasteiger partial charge in [-0.2, -0.15) is 18.3 Å². The monoisotopic (exact) mass is 395 g/mol. The van der Waals surface area contributed by atoms with Crippen molar-refractivity contribution in [3.05, 3.63) is 76.3 Å². The quantitative estimate of drug-likeness (QED) is 0.606. The third-order valence-corrected chi connectivity index (χ3v) is 5.02. The number of aryl methyl sites for hydroxylation is 1. The van der Waals surface area contributed by atoms with Gasteiger partial charge in [0.2, 0.25) is 0 Å². The molecule has 8 heteroatoms. The maximum absolute atomic E-state index is 13.7. The summed E-state index contributed by atoms with van der Waals surface area (Å²) < 4.78 is 56.2. The van der Waals surface area contributed by atoms with Crippen molar-refractivity contribution in [2.45, 2.75) is 18.3 Å². The zero-order valence-electron chi connectivity index (χ0n) is 14.1. The Morgan fingerprint density at radius 3 is 2.48 bits per heavy atom. The molecule has 1 aromatic heterocycles. The zero-order chi connectivity index (χ0) is 19.3. The number of fused-ring (bicyclic) bond motifs is 1. The molecule has 0 aliphatic carbocycles. The number of benzene rings is 2. The highest BCUT2D eigenvalue weighted by Crippen LogP contribution is 2.47. The highest BCUT2D eigenvalue weighted by atomic mass is 35.5. The first kappa shape index (κ1) is 18.0. The summed E-state index contributed by atoms with van der Waals surface area (Å²) in [6.07, 6.45) is -1.18. The lowest BCUT2D eigenvalue weighted by molar-refractivity contribution is -0.156. The summed E-state index contributed by atoms with van der Waals surface area (Å²) >= 11 is 6.14. The van der Waals surface area contributed by atoms with Crippen molar-refractivity contribution in [3.63, 3.8) is 0 Å². The van der Waals surface area contributed by atoms with Crippen LogP contribution in [0.3, 0.4) is 0 Å². The molecule has 0 saturated carbocycles. The highest BCUT2D eigenvalue weighted by Gasteiger charge is 2.48. The fraction of sp³-hybridized carbons (Fsp3) is 0.211. The van der Waals surface area contributed by atoms with Crippen LogP contribution in [0, 0.1) is 5.82 Å². The predicted octanol–water partition coefficient (Wildman–Crippen LogP) is 5.18. The molecule has 1 N–H and O–H groups in total. The molecule has 0 fully saturated rings. The number of nitrogens with one attached hydrogen (secondary N) is 1. The number of rotatable bonds is 2. The van der Waals surface area contributed by atoms with Crippen molar-refractivity contribution in [1.29, 1.82) is 0 Å². The Labute approximate surface area is 157 Å². The van der Waals surface area contributed by atoms with E-state index in [0.29, 0.717) is 16.7 Å². The van der Waals surface area contributed by atoms with E-state index >= 15 is 0 Å². The fourth-order valence-corrected chi connectivity index (χ4v) is 3.67. The number of alkyl halides is 3. The van der Waals surface area contributed by atoms with Crippen molar-refractivity contribution in [3.8, 4) is 11.1 Å². The first-order valence-corrected chi connectivity index (χ1v) is 8.52. The van der Waals surface area contributed by atoms with Gasteiger partial charge in [-0.3, -0.25) is 10.00 Å². The summed E-state index contributed by atoms with van der Waals surface area (Å²) in [5.41, 5.74) is 2.16. The van der Waals surface area contributed by atoms with E-state index in [4.69, 9.17) is 11.6 Å². The van der Waals surface area contributed by atoms with E-state index in [2.05, 4.69) is 10.4 Å². The maximum atomic E-state index is 13.7. The maximum Gasteiger partial charge on any atom is 0.407 e. The molecule has 140 valence electrons. The molecule has 1 aliphatic heterocycles. The summed E-state index contributed by atoms with van der Waals surface area (Å²) in [5.74, 6) is -0.555. The van der Waals surface area contributed by atoms with E-state index in [1.165, 1.54) is 18.2 Å². The summed E-state index contributed by atoms with van der Waals surface area (Å²) in [5, 5.41) is 6.83. The van der Waals surface area contributed by atoms with E-state index in [-0.39, 0.29) is 16.1 Å². The van der Waals surface area contributed by atoms with Crippen LogP contribution < -0.4 is 5.32 Å². The molecule has 4 rings (SSSR count). The second kappa shape index (κ2) is 6.35. The molecule has 1 aliphatic rings. The van der Waals surface area contributed by atoms with Crippen LogP contribution >= 0.6 is 11.6 Å². The highest BCUT2D eigenvalue weighted by molar-refractivity contribution is 6.31. The average molecular weight is 396 g/mol. The Bertz CT molecular complexity index is 1010. The van der Waals surface area contributed by atoms with Gasteiger partial charge >= 0.3 is 6.18 Å². The first-order chi connectivity index (χ1) is 12.7. The normalized spacial score (nSPS) is 19.3. The first-order valence-electron chi connectivity index (χ1n) is 8.14. The lowest BCUT2D eigenvalue weighted by Crippen LogP contribution is -2.31. The van der Waals surface area contributed by atoms with Crippen molar-refractivity contribution in [1.82, 2.24) is 15.1 Å². The Morgan fingerprint density at radius 1 is 1.04 bits per heavy atom. The smallest absolute Gasteiger partial charge is 0.292 e. The molecule has 0 spiro atoms. The molecule has 0 bridgehead atoms. The topological polar surface area (TPSA) is 29.9 Å². The molecule has 2 unspecified atom stereocenters. The van der Waals surface area contributed by atoms with Crippen molar-refractivity contribution < 1.29 is 17.6 Å². The van der Waals surface area contributed by atoms with Gasteiger partial charge in [-0.15, -0.1) is 0 Å². The zero-order valence-corrected chi connectivity index (χ0v) is 14.8. The van der Waals surface area contributed by atoms with Crippen LogP contribution in [0.4, 0.5) is 17.6 Å². The lowest BCUT2D eigenvalue weighted by Gasteiger charge is -2.19. The summed E-state index contributed by atoms with van der Waals surface area (Å²) in [6.45, 7) is 0. The molecule has 3 aromatic rings. The summed E-state index contributed by atoms with van der Waals surface area (Å²) in [7, 11) is 1.74. The molecular weight excluding hydrogens is 382 g/mol. The van der Waals surface area contributed by atoms with Crippen LogP contribution in [0.5, 0.6) is 0 Å². The van der Waals surface area contributed by atoms with E-state index in [9.17, 15) is 17.6 Å². The number of hydrogen-bond donors (Lipinski definition) is 1. The third kappa shape index (κ3) is 3.21. The van der Waals surface area contributed by atoms with Gasteiger partial charge in [0.15, 0.2) is 0 Å². The predicted molar refractivity (Wildman–Crippen MR) is 93.8 cm³/mol. The second-order valence-corrected chi connectivity index (χ2v) is 6.89. The molecule has 2 aromatic carbocycles. The van der Waals surface area contributed by atoms with Gasteiger partial charge in [-0.1, -0.05) is 23.7 Å². The van der Waals surface area contributed by atoms with Crippen LogP contribution in [0.2, 0.25) is 5.02 Å². The van der Waals surface area contributed by atoms with Gasteiger partial charge in [0.25, 0.3) is 0 Å². The molecule has 2 heterocycles. The molecule has 2 atom stereocenters. The van der Waals surface area contributed by atoms with Crippen LogP contribution in [-0.2, 0) is 7.05 Å². The largest absolute Gasteiger partial charge is 0.407 e. The minimum absolute atomic E-state index is 0.106. The number of hydrogen-bond acceptors (Lipinski definition) is 2. The molecule has 27 heavy (non-hydrogen) atoms. The van der Waals surface area contributed by atoms with Crippen LogP contribution in [0.1, 0.15) is 28.8 Å². The standard InChI is InChI=1S/C19H14ClF4N3/c1-27-9-11(8-25-27)10-2-4-13-14(6-10)18(19(22,23)24)26-17(13)15-7-12(21)3-5-16(15)20/h2-9,17-18,26H,1H3. The number of halogens is 5. The average Bonchev–Trinajstić information content (AvgIpc) is 3.20. The van der Waals surface area contributed by atoms with Crippen molar-refractivity contribution in [2.24, 2.45) is 7.05 Å². The minimum atomic E-state index is -4.50. The lowest BCUT2D eigenvalue weighted by atomic mass is 9.94. The van der Waals surface area contributed by atoms with Gasteiger partial charge in [0, 0.05) is 23.8 Å². The van der Waals surface area contributed by atoms with E-state index in [1.54, 1.807) is 36.3 Å². The van der Waals surface area contributed by atoms with Crippen molar-refractivity contribution >= 4 is 11.6 Å². The van der Waals surface area contributed by atoms with E-state index in [1.807, 2.05) is 0 Å². The number of aromatic nitrogens is 2. The Balaban J connectivity index is 1.85. The van der Waals surface area contributed by atoms with Crippen molar-refractivity contribution in [2.75, 3.05) is 0 Å². The van der Waals surface area contributed by atoms with E-state index in [0.717, 1.165) is 6.07 Å². The summed E-state index contributed by atoms with van der Waals surface area (Å²) in [6, 6.07) is 5.83. The van der Waals surface area contributed by atoms with E-state index < -0.39 is 24.1 Å². The molecule has 0 amide bonds. The Kier molecular flexibility index (Phi) is 4.24. The second-order valence-electron chi connectivity index (χ2n) is 6.49. The Morgan fingerprint density at radius 2 is 1.81 bits per heavy atom. The molecular formula is C19H14ClF4N3. The number of nitrogens with zero attached hydrogens (tertiary/aromatic N) is 2. The van der Waals surface area contributed by atoms with Gasteiger partial charge in [-0.25, -0.2) is 4.39 Å². The van der Waals surface area contributed by atoms with Gasteiger partial charge in [-0.05, 0) is 46.5 Å². The molecule has 0 radical (unpaired) electrons. The third-order valence-electron chi connectivity index (χ3n) is 4.68. The minimum Gasteiger partial charge on any atom is -0.292 e. The van der Waals surface area contributed by atoms with Gasteiger partial charge < -0.3 is 0 Å². The van der Waals surface area contributed by atoms with Crippen LogP contribution in [-0.4, -0.2) is 16.0 Å². The molecule has 0 saturated heterocycles. The molecule has 3 nitrogen and oxygen atoms in total.